The third-order valence-electron chi connectivity index (χ3n) is 6.40. The summed E-state index contributed by atoms with van der Waals surface area (Å²) < 4.78 is 28.6. The Morgan fingerprint density at radius 3 is 2.10 bits per heavy atom. The topological polar surface area (TPSA) is 83.6 Å². The van der Waals surface area contributed by atoms with E-state index in [4.69, 9.17) is 0 Å². The number of fused-ring (bicyclic) bond motifs is 1. The van der Waals surface area contributed by atoms with Gasteiger partial charge in [-0.1, -0.05) is 54.8 Å². The van der Waals surface area contributed by atoms with Crippen LogP contribution in [0.5, 0.6) is 0 Å². The molecule has 2 aromatic carbocycles. The number of carbonyl (C=O) groups excluding carboxylic acids is 2. The minimum Gasteiger partial charge on any atom is -0.278 e. The zero-order chi connectivity index (χ0) is 22.2. The number of nitrogens with zero attached hydrogens (tertiary/aromatic N) is 1. The number of likely N-dealkylation sites (tertiary alicyclic amines) is 1. The van der Waals surface area contributed by atoms with Crippen molar-refractivity contribution in [1.82, 2.24) is 9.62 Å². The normalized spacial score (nSPS) is 21.4. The summed E-state index contributed by atoms with van der Waals surface area (Å²) in [6.07, 6.45) is 3.49. The second kappa shape index (κ2) is 8.55. The number of hydrogen-bond donors (Lipinski definition) is 1. The van der Waals surface area contributed by atoms with Crippen LogP contribution in [0.25, 0.3) is 0 Å². The van der Waals surface area contributed by atoms with Crippen LogP contribution in [0.3, 0.4) is 0 Å². The summed E-state index contributed by atoms with van der Waals surface area (Å²) >= 11 is 0. The molecule has 1 saturated heterocycles. The average molecular weight is 441 g/mol. The summed E-state index contributed by atoms with van der Waals surface area (Å²) in [4.78, 5) is 27.0. The zero-order valence-corrected chi connectivity index (χ0v) is 18.7. The maximum absolute atomic E-state index is 13.0. The Balaban J connectivity index is 1.52. The van der Waals surface area contributed by atoms with E-state index in [0.717, 1.165) is 36.8 Å². The van der Waals surface area contributed by atoms with Crippen LogP contribution < -0.4 is 4.72 Å². The Hall–Kier alpha value is -2.51. The fourth-order valence-electron chi connectivity index (χ4n) is 4.56. The van der Waals surface area contributed by atoms with Crippen molar-refractivity contribution >= 4 is 21.8 Å². The molecule has 164 valence electrons. The number of hydrogen-bond acceptors (Lipinski definition) is 4. The first kappa shape index (κ1) is 21.7. The molecule has 2 aromatic rings. The maximum atomic E-state index is 13.0. The van der Waals surface area contributed by atoms with Gasteiger partial charge >= 0.3 is 0 Å². The van der Waals surface area contributed by atoms with Crippen molar-refractivity contribution in [2.75, 3.05) is 0 Å². The number of amides is 2. The largest absolute Gasteiger partial charge is 0.278 e. The Morgan fingerprint density at radius 2 is 1.48 bits per heavy atom. The fourth-order valence-corrected chi connectivity index (χ4v) is 5.87. The summed E-state index contributed by atoms with van der Waals surface area (Å²) in [5.41, 5.74) is 3.24. The van der Waals surface area contributed by atoms with Gasteiger partial charge in [0.05, 0.1) is 23.3 Å². The Kier molecular flexibility index (Phi) is 5.99. The van der Waals surface area contributed by atoms with E-state index in [1.165, 1.54) is 4.90 Å². The molecule has 1 saturated carbocycles. The standard InChI is InChI=1S/C24H28N2O4S/c1-16-7-10-18(11-8-16)14-25-31(29,30)22-13-19(12-9-17(22)2)15-26-23(27)20-5-3-4-6-21(20)24(26)28/h7-13,20-21,25H,3-6,14-15H2,1-2H3/t20-,21-/m0/s1. The summed E-state index contributed by atoms with van der Waals surface area (Å²) in [5, 5.41) is 0. The molecule has 2 atom stereocenters. The molecule has 0 unspecified atom stereocenters. The zero-order valence-electron chi connectivity index (χ0n) is 17.9. The molecular weight excluding hydrogens is 412 g/mol. The summed E-state index contributed by atoms with van der Waals surface area (Å²) in [5.74, 6) is -0.633. The molecule has 31 heavy (non-hydrogen) atoms. The van der Waals surface area contributed by atoms with Gasteiger partial charge in [0, 0.05) is 6.54 Å². The van der Waals surface area contributed by atoms with Gasteiger partial charge in [-0.3, -0.25) is 14.5 Å². The highest BCUT2D eigenvalue weighted by Crippen LogP contribution is 2.38. The molecule has 0 spiro atoms. The van der Waals surface area contributed by atoms with Crippen molar-refractivity contribution in [2.24, 2.45) is 11.8 Å². The first-order valence-electron chi connectivity index (χ1n) is 10.8. The number of nitrogens with one attached hydrogen (secondary N) is 1. The van der Waals surface area contributed by atoms with Crippen LogP contribution in [0.15, 0.2) is 47.4 Å². The molecular formula is C24H28N2O4S. The Bertz CT molecular complexity index is 1080. The minimum atomic E-state index is -3.74. The second-order valence-corrected chi connectivity index (χ2v) is 10.4. The van der Waals surface area contributed by atoms with Gasteiger partial charge in [-0.2, -0.15) is 0 Å². The lowest BCUT2D eigenvalue weighted by Crippen LogP contribution is -2.30. The van der Waals surface area contributed by atoms with Crippen molar-refractivity contribution in [1.29, 1.82) is 0 Å². The van der Waals surface area contributed by atoms with Gasteiger partial charge in [0.2, 0.25) is 21.8 Å². The number of imide groups is 1. The molecule has 0 aromatic heterocycles. The molecule has 2 fully saturated rings. The number of aryl methyl sites for hydroxylation is 2. The fraction of sp³-hybridized carbons (Fsp3) is 0.417. The SMILES string of the molecule is Cc1ccc(CNS(=O)(=O)c2cc(CN3C(=O)[C@H]4CCCC[C@@H]4C3=O)ccc2C)cc1. The van der Waals surface area contributed by atoms with E-state index in [2.05, 4.69) is 4.72 Å². The van der Waals surface area contributed by atoms with Crippen LogP contribution in [0.2, 0.25) is 0 Å². The van der Waals surface area contributed by atoms with E-state index < -0.39 is 10.0 Å². The Morgan fingerprint density at radius 1 is 0.903 bits per heavy atom. The van der Waals surface area contributed by atoms with E-state index >= 15 is 0 Å². The lowest BCUT2D eigenvalue weighted by Gasteiger charge is -2.19. The van der Waals surface area contributed by atoms with Crippen LogP contribution in [-0.2, 0) is 32.7 Å². The van der Waals surface area contributed by atoms with E-state index in [-0.39, 0.29) is 41.6 Å². The lowest BCUT2D eigenvalue weighted by atomic mass is 9.81. The molecule has 7 heteroatoms. The highest BCUT2D eigenvalue weighted by Gasteiger charge is 2.47. The van der Waals surface area contributed by atoms with Crippen LogP contribution in [0.4, 0.5) is 0 Å². The second-order valence-electron chi connectivity index (χ2n) is 8.67. The Labute approximate surface area is 183 Å². The first-order chi connectivity index (χ1) is 14.8. The number of sulfonamides is 1. The molecule has 1 N–H and O–H groups in total. The first-order valence-corrected chi connectivity index (χ1v) is 12.2. The van der Waals surface area contributed by atoms with Crippen molar-refractivity contribution in [2.45, 2.75) is 57.5 Å². The van der Waals surface area contributed by atoms with Gasteiger partial charge in [-0.15, -0.1) is 0 Å². The molecule has 2 aliphatic rings. The van der Waals surface area contributed by atoms with E-state index in [0.29, 0.717) is 11.1 Å². The third kappa shape index (κ3) is 4.43. The molecule has 4 rings (SSSR count). The molecule has 2 amide bonds. The van der Waals surface area contributed by atoms with E-state index in [9.17, 15) is 18.0 Å². The van der Waals surface area contributed by atoms with Gasteiger partial charge in [0.25, 0.3) is 0 Å². The van der Waals surface area contributed by atoms with Gasteiger partial charge in [-0.25, -0.2) is 13.1 Å². The number of carbonyl (C=O) groups is 2. The number of rotatable bonds is 6. The minimum absolute atomic E-state index is 0.114. The summed E-state index contributed by atoms with van der Waals surface area (Å²) in [6, 6.07) is 12.8. The van der Waals surface area contributed by atoms with Crippen molar-refractivity contribution in [3.05, 3.63) is 64.7 Å². The molecule has 0 radical (unpaired) electrons. The van der Waals surface area contributed by atoms with E-state index in [1.54, 1.807) is 25.1 Å². The van der Waals surface area contributed by atoms with Crippen LogP contribution in [0, 0.1) is 25.7 Å². The molecule has 0 bridgehead atoms. The van der Waals surface area contributed by atoms with Crippen molar-refractivity contribution < 1.29 is 18.0 Å². The molecule has 1 heterocycles. The maximum Gasteiger partial charge on any atom is 0.241 e. The van der Waals surface area contributed by atoms with Gasteiger partial charge in [0.1, 0.15) is 0 Å². The highest BCUT2D eigenvalue weighted by atomic mass is 32.2. The quantitative estimate of drug-likeness (QED) is 0.698. The van der Waals surface area contributed by atoms with E-state index in [1.807, 2.05) is 31.2 Å². The summed E-state index contributed by atoms with van der Waals surface area (Å²) in [6.45, 7) is 4.03. The van der Waals surface area contributed by atoms with Crippen LogP contribution >= 0.6 is 0 Å². The van der Waals surface area contributed by atoms with Crippen molar-refractivity contribution in [3.63, 3.8) is 0 Å². The van der Waals surface area contributed by atoms with Crippen LogP contribution in [-0.4, -0.2) is 25.1 Å². The van der Waals surface area contributed by atoms with Gasteiger partial charge in [0.15, 0.2) is 0 Å². The predicted molar refractivity (Wildman–Crippen MR) is 117 cm³/mol. The summed E-state index contributed by atoms with van der Waals surface area (Å²) in [7, 11) is -3.74. The molecule has 1 aliphatic heterocycles. The molecule has 6 nitrogen and oxygen atoms in total. The average Bonchev–Trinajstić information content (AvgIpc) is 2.99. The predicted octanol–water partition coefficient (Wildman–Crippen LogP) is 3.46. The number of benzene rings is 2. The third-order valence-corrected chi connectivity index (χ3v) is 7.95. The molecule has 1 aliphatic carbocycles. The monoisotopic (exact) mass is 440 g/mol. The smallest absolute Gasteiger partial charge is 0.241 e. The lowest BCUT2D eigenvalue weighted by molar-refractivity contribution is -0.140. The highest BCUT2D eigenvalue weighted by molar-refractivity contribution is 7.89. The van der Waals surface area contributed by atoms with Crippen LogP contribution in [0.1, 0.15) is 47.9 Å². The van der Waals surface area contributed by atoms with Gasteiger partial charge in [-0.05, 0) is 49.4 Å². The van der Waals surface area contributed by atoms with Crippen molar-refractivity contribution in [3.8, 4) is 0 Å². The van der Waals surface area contributed by atoms with Gasteiger partial charge < -0.3 is 0 Å².